The van der Waals surface area contributed by atoms with Crippen molar-refractivity contribution in [3.63, 3.8) is 0 Å². The normalized spacial score (nSPS) is 11.6. The lowest BCUT2D eigenvalue weighted by Gasteiger charge is -2.18. The number of aryl methyl sites for hydroxylation is 1. The molecule has 2 heterocycles. The Hall–Kier alpha value is -1.43. The summed E-state index contributed by atoms with van der Waals surface area (Å²) in [5.41, 5.74) is 3.02. The second-order valence-corrected chi connectivity index (χ2v) is 4.35. The van der Waals surface area contributed by atoms with Crippen molar-refractivity contribution in [2.24, 2.45) is 0 Å². The van der Waals surface area contributed by atoms with E-state index in [9.17, 15) is 0 Å². The number of rotatable bonds is 6. The van der Waals surface area contributed by atoms with Gasteiger partial charge in [-0.25, -0.2) is 4.98 Å². The summed E-state index contributed by atoms with van der Waals surface area (Å²) in [7, 11) is 0. The van der Waals surface area contributed by atoms with Crippen LogP contribution in [0.4, 0.5) is 0 Å². The van der Waals surface area contributed by atoms with Crippen LogP contribution in [0.15, 0.2) is 24.4 Å². The summed E-state index contributed by atoms with van der Waals surface area (Å²) in [6, 6.07) is 6.00. The molecule has 2 aromatic rings. The van der Waals surface area contributed by atoms with Crippen molar-refractivity contribution in [1.82, 2.24) is 14.3 Å². The number of nitrogens with zero attached hydrogens (tertiary/aromatic N) is 3. The molecular formula is C13H19N3O2. The molecule has 2 N–H and O–H groups in total. The number of aliphatic hydroxyl groups excluding tert-OH is 2. The highest BCUT2D eigenvalue weighted by atomic mass is 16.3. The molecule has 0 aliphatic carbocycles. The van der Waals surface area contributed by atoms with E-state index in [-0.39, 0.29) is 13.2 Å². The molecule has 0 aliphatic rings. The van der Waals surface area contributed by atoms with E-state index in [2.05, 4.69) is 4.98 Å². The van der Waals surface area contributed by atoms with Crippen LogP contribution in [0.25, 0.3) is 5.65 Å². The quantitative estimate of drug-likeness (QED) is 0.779. The van der Waals surface area contributed by atoms with Gasteiger partial charge in [0.1, 0.15) is 5.65 Å². The van der Waals surface area contributed by atoms with Gasteiger partial charge < -0.3 is 14.6 Å². The molecule has 0 fully saturated rings. The van der Waals surface area contributed by atoms with E-state index in [1.807, 2.05) is 40.6 Å². The lowest BCUT2D eigenvalue weighted by Crippen LogP contribution is -2.29. The van der Waals surface area contributed by atoms with Crippen LogP contribution in [0, 0.1) is 6.92 Å². The van der Waals surface area contributed by atoms with Crippen molar-refractivity contribution >= 4 is 5.65 Å². The minimum atomic E-state index is 0.0897. The zero-order chi connectivity index (χ0) is 13.0. The Morgan fingerprint density at radius 1 is 1.22 bits per heavy atom. The fourth-order valence-corrected chi connectivity index (χ4v) is 2.06. The van der Waals surface area contributed by atoms with E-state index in [0.717, 1.165) is 17.0 Å². The largest absolute Gasteiger partial charge is 0.395 e. The number of imidazole rings is 1. The predicted molar refractivity (Wildman–Crippen MR) is 69.4 cm³/mol. The van der Waals surface area contributed by atoms with Crippen LogP contribution in [0.3, 0.4) is 0 Å². The third-order valence-electron chi connectivity index (χ3n) is 2.96. The van der Waals surface area contributed by atoms with Crippen molar-refractivity contribution < 1.29 is 10.2 Å². The summed E-state index contributed by atoms with van der Waals surface area (Å²) >= 11 is 0. The molecule has 2 aromatic heterocycles. The lowest BCUT2D eigenvalue weighted by molar-refractivity contribution is 0.155. The molecule has 0 aliphatic heterocycles. The molecule has 0 radical (unpaired) electrons. The van der Waals surface area contributed by atoms with Crippen LogP contribution in [0.5, 0.6) is 0 Å². The number of hydrogen-bond acceptors (Lipinski definition) is 4. The third-order valence-corrected chi connectivity index (χ3v) is 2.96. The maximum absolute atomic E-state index is 8.98. The fourth-order valence-electron chi connectivity index (χ4n) is 2.06. The summed E-state index contributed by atoms with van der Waals surface area (Å²) in [6.07, 6.45) is 2.01. The molecule has 2 rings (SSSR count). The van der Waals surface area contributed by atoms with Gasteiger partial charge in [0, 0.05) is 31.5 Å². The molecular weight excluding hydrogens is 230 g/mol. The Labute approximate surface area is 106 Å². The Morgan fingerprint density at radius 3 is 2.56 bits per heavy atom. The van der Waals surface area contributed by atoms with Gasteiger partial charge in [-0.3, -0.25) is 4.90 Å². The molecule has 0 aromatic carbocycles. The lowest BCUT2D eigenvalue weighted by atomic mass is 10.4. The van der Waals surface area contributed by atoms with Crippen LogP contribution in [0.2, 0.25) is 0 Å². The van der Waals surface area contributed by atoms with Crippen molar-refractivity contribution in [2.45, 2.75) is 13.5 Å². The third kappa shape index (κ3) is 2.87. The van der Waals surface area contributed by atoms with E-state index in [4.69, 9.17) is 10.2 Å². The van der Waals surface area contributed by atoms with Gasteiger partial charge in [0.05, 0.1) is 18.9 Å². The molecule has 0 amide bonds. The van der Waals surface area contributed by atoms with Gasteiger partial charge in [0.2, 0.25) is 0 Å². The molecule has 0 bridgehead atoms. The Bertz CT molecular complexity index is 504. The Kier molecular flexibility index (Phi) is 4.30. The highest BCUT2D eigenvalue weighted by Gasteiger charge is 2.08. The zero-order valence-corrected chi connectivity index (χ0v) is 10.6. The maximum Gasteiger partial charge on any atom is 0.137 e. The van der Waals surface area contributed by atoms with Crippen LogP contribution in [0.1, 0.15) is 11.4 Å². The first kappa shape index (κ1) is 13.0. The first-order chi connectivity index (χ1) is 8.74. The second kappa shape index (κ2) is 5.95. The van der Waals surface area contributed by atoms with Crippen LogP contribution in [-0.2, 0) is 6.54 Å². The van der Waals surface area contributed by atoms with Gasteiger partial charge in [0.15, 0.2) is 0 Å². The highest BCUT2D eigenvalue weighted by Crippen LogP contribution is 2.10. The van der Waals surface area contributed by atoms with Crippen LogP contribution in [-0.4, -0.2) is 50.8 Å². The standard InChI is InChI=1S/C13H19N3O2/c1-11-3-2-4-13-14-12(10-16(11)13)9-15(5-7-17)6-8-18/h2-4,10,17-18H,5-9H2,1H3. The molecule has 0 saturated heterocycles. The second-order valence-electron chi connectivity index (χ2n) is 4.35. The molecule has 0 atom stereocenters. The van der Waals surface area contributed by atoms with E-state index >= 15 is 0 Å². The number of aliphatic hydroxyl groups is 2. The van der Waals surface area contributed by atoms with Crippen molar-refractivity contribution in [1.29, 1.82) is 0 Å². The highest BCUT2D eigenvalue weighted by molar-refractivity contribution is 5.41. The van der Waals surface area contributed by atoms with Crippen molar-refractivity contribution in [3.05, 3.63) is 35.8 Å². The minimum absolute atomic E-state index is 0.0897. The maximum atomic E-state index is 8.98. The fraction of sp³-hybridized carbons (Fsp3) is 0.462. The van der Waals surface area contributed by atoms with Gasteiger partial charge in [0.25, 0.3) is 0 Å². The predicted octanol–water partition coefficient (Wildman–Crippen LogP) is 0.429. The average Bonchev–Trinajstić information content (AvgIpc) is 2.74. The number of pyridine rings is 1. The first-order valence-corrected chi connectivity index (χ1v) is 6.12. The van der Waals surface area contributed by atoms with Crippen LogP contribution < -0.4 is 0 Å². The number of aromatic nitrogens is 2. The van der Waals surface area contributed by atoms with Gasteiger partial charge >= 0.3 is 0 Å². The van der Waals surface area contributed by atoms with Crippen molar-refractivity contribution in [3.8, 4) is 0 Å². The molecule has 0 saturated carbocycles. The number of hydrogen-bond donors (Lipinski definition) is 2. The minimum Gasteiger partial charge on any atom is -0.395 e. The molecule has 98 valence electrons. The summed E-state index contributed by atoms with van der Waals surface area (Å²) in [6.45, 7) is 3.96. The molecule has 0 unspecified atom stereocenters. The van der Waals surface area contributed by atoms with Gasteiger partial charge in [-0.05, 0) is 19.1 Å². The topological polar surface area (TPSA) is 61.0 Å². The number of fused-ring (bicyclic) bond motifs is 1. The van der Waals surface area contributed by atoms with Crippen molar-refractivity contribution in [2.75, 3.05) is 26.3 Å². The molecule has 5 nitrogen and oxygen atoms in total. The van der Waals surface area contributed by atoms with E-state index in [1.165, 1.54) is 0 Å². The molecule has 0 spiro atoms. The van der Waals surface area contributed by atoms with Gasteiger partial charge in [-0.15, -0.1) is 0 Å². The SMILES string of the molecule is Cc1cccc2nc(CN(CCO)CCO)cn12. The van der Waals surface area contributed by atoms with E-state index in [0.29, 0.717) is 19.6 Å². The summed E-state index contributed by atoms with van der Waals surface area (Å²) in [5.74, 6) is 0. The van der Waals surface area contributed by atoms with Crippen LogP contribution >= 0.6 is 0 Å². The Morgan fingerprint density at radius 2 is 1.94 bits per heavy atom. The summed E-state index contributed by atoms with van der Waals surface area (Å²) in [5, 5.41) is 18.0. The molecule has 5 heteroatoms. The first-order valence-electron chi connectivity index (χ1n) is 6.12. The smallest absolute Gasteiger partial charge is 0.137 e. The summed E-state index contributed by atoms with van der Waals surface area (Å²) < 4.78 is 2.05. The monoisotopic (exact) mass is 249 g/mol. The Balaban J connectivity index is 2.17. The van der Waals surface area contributed by atoms with Gasteiger partial charge in [-0.1, -0.05) is 6.07 Å². The van der Waals surface area contributed by atoms with Gasteiger partial charge in [-0.2, -0.15) is 0 Å². The zero-order valence-electron chi connectivity index (χ0n) is 10.6. The van der Waals surface area contributed by atoms with E-state index in [1.54, 1.807) is 0 Å². The summed E-state index contributed by atoms with van der Waals surface area (Å²) in [4.78, 5) is 6.52. The van der Waals surface area contributed by atoms with E-state index < -0.39 is 0 Å². The average molecular weight is 249 g/mol. The molecule has 18 heavy (non-hydrogen) atoms.